The molecule has 0 aliphatic carbocycles. The summed E-state index contributed by atoms with van der Waals surface area (Å²) in [6, 6.07) is 4.12. The molecule has 0 radical (unpaired) electrons. The summed E-state index contributed by atoms with van der Waals surface area (Å²) < 4.78 is 39.6. The predicted octanol–water partition coefficient (Wildman–Crippen LogP) is 3.48. The molecule has 0 heterocycles. The van der Waals surface area contributed by atoms with E-state index in [4.69, 9.17) is 0 Å². The third-order valence-corrected chi connectivity index (χ3v) is 1.97. The fourth-order valence-corrected chi connectivity index (χ4v) is 1.90. The van der Waals surface area contributed by atoms with Crippen LogP contribution in [0.3, 0.4) is 0 Å². The molecule has 6 heteroatoms. The topological polar surface area (TPSA) is 9.23 Å². The summed E-state index contributed by atoms with van der Waals surface area (Å²) in [5.74, 6) is -0.246. The third kappa shape index (κ3) is 4.08. The lowest BCUT2D eigenvalue weighted by atomic mass is 10.3. The summed E-state index contributed by atoms with van der Waals surface area (Å²) in [6.45, 7) is 0. The largest absolute Gasteiger partial charge is 0.573 e. The highest BCUT2D eigenvalue weighted by Crippen LogP contribution is 2.26. The molecule has 0 amide bonds. The Balaban J connectivity index is 2.90. The van der Waals surface area contributed by atoms with Gasteiger partial charge in [-0.3, -0.25) is 0 Å². The van der Waals surface area contributed by atoms with Gasteiger partial charge in [-0.1, -0.05) is 0 Å². The van der Waals surface area contributed by atoms with E-state index in [0.29, 0.717) is 8.47 Å². The first-order valence-electron chi connectivity index (χ1n) is 3.12. The van der Waals surface area contributed by atoms with E-state index in [1.807, 2.05) is 22.6 Å². The maximum atomic E-state index is 11.8. The Bertz CT molecular complexity index is 293. The van der Waals surface area contributed by atoms with Crippen LogP contribution >= 0.6 is 35.2 Å². The van der Waals surface area contributed by atoms with Crippen LogP contribution in [0.1, 0.15) is 0 Å². The fourth-order valence-electron chi connectivity index (χ4n) is 0.740. The zero-order chi connectivity index (χ0) is 10.1. The number of ether oxygens (including phenoxy) is 1. The molecule has 0 saturated carbocycles. The second kappa shape index (κ2) is 3.95. The van der Waals surface area contributed by atoms with Gasteiger partial charge in [0.25, 0.3) is 0 Å². The first kappa shape index (κ1) is 11.0. The summed E-state index contributed by atoms with van der Waals surface area (Å²) in [5.41, 5.74) is 0. The monoisotopic (exact) mass is 320 g/mol. The van der Waals surface area contributed by atoms with Crippen LogP contribution in [0.2, 0.25) is 0 Å². The zero-order valence-corrected chi connectivity index (χ0v) is 9.15. The minimum atomic E-state index is -4.65. The van der Waals surface area contributed by atoms with Gasteiger partial charge in [0, 0.05) is 8.47 Å². The van der Waals surface area contributed by atoms with Gasteiger partial charge in [-0.15, -0.1) is 25.8 Å². The van der Waals surface area contributed by atoms with E-state index in [1.54, 1.807) is 6.07 Å². The van der Waals surface area contributed by atoms with E-state index in [-0.39, 0.29) is 5.75 Å². The van der Waals surface area contributed by atoms with Crippen LogP contribution in [0.5, 0.6) is 5.75 Å². The maximum Gasteiger partial charge on any atom is 0.573 e. The Morgan fingerprint density at radius 1 is 1.23 bits per heavy atom. The Morgan fingerprint density at radius 3 is 2.31 bits per heavy atom. The van der Waals surface area contributed by atoms with Gasteiger partial charge in [-0.2, -0.15) is 0 Å². The number of alkyl halides is 3. The lowest BCUT2D eigenvalue weighted by Crippen LogP contribution is -2.17. The molecule has 0 bridgehead atoms. The van der Waals surface area contributed by atoms with Crippen LogP contribution < -0.4 is 4.74 Å². The molecule has 1 nitrogen and oxygen atoms in total. The molecule has 1 rings (SSSR count). The van der Waals surface area contributed by atoms with Crippen molar-refractivity contribution >= 4 is 35.2 Å². The second-order valence-electron chi connectivity index (χ2n) is 2.19. The second-order valence-corrected chi connectivity index (χ2v) is 3.95. The van der Waals surface area contributed by atoms with Crippen molar-refractivity contribution in [3.05, 3.63) is 21.8 Å². The van der Waals surface area contributed by atoms with Crippen molar-refractivity contribution in [2.24, 2.45) is 0 Å². The first-order chi connectivity index (χ1) is 5.87. The van der Waals surface area contributed by atoms with Crippen molar-refractivity contribution in [3.63, 3.8) is 0 Å². The van der Waals surface area contributed by atoms with Crippen LogP contribution in [0, 0.1) is 3.57 Å². The van der Waals surface area contributed by atoms with Crippen molar-refractivity contribution in [3.8, 4) is 5.75 Å². The Morgan fingerprint density at radius 2 is 1.85 bits per heavy atom. The molecule has 0 aromatic heterocycles. The van der Waals surface area contributed by atoms with Crippen molar-refractivity contribution in [2.75, 3.05) is 0 Å². The van der Waals surface area contributed by atoms with Crippen LogP contribution in [-0.2, 0) is 0 Å². The molecule has 0 spiro atoms. The summed E-state index contributed by atoms with van der Waals surface area (Å²) in [6.07, 6.45) is -4.65. The summed E-state index contributed by atoms with van der Waals surface area (Å²) in [7, 11) is 0. The highest BCUT2D eigenvalue weighted by Gasteiger charge is 2.31. The molecule has 0 atom stereocenters. The minimum Gasteiger partial charge on any atom is -0.406 e. The molecule has 0 saturated heterocycles. The maximum absolute atomic E-state index is 11.8. The standard InChI is InChI=1S/C7H4F3IOS/c8-7(9,10)12-5-1-4(11)2-6(13)3-5/h1-3,13H. The van der Waals surface area contributed by atoms with E-state index in [2.05, 4.69) is 17.4 Å². The van der Waals surface area contributed by atoms with Gasteiger partial charge in [-0.25, -0.2) is 0 Å². The van der Waals surface area contributed by atoms with Gasteiger partial charge >= 0.3 is 6.36 Å². The van der Waals surface area contributed by atoms with Gasteiger partial charge < -0.3 is 4.74 Å². The van der Waals surface area contributed by atoms with E-state index < -0.39 is 6.36 Å². The van der Waals surface area contributed by atoms with Gasteiger partial charge in [0.15, 0.2) is 0 Å². The quantitative estimate of drug-likeness (QED) is 0.616. The molecular weight excluding hydrogens is 316 g/mol. The van der Waals surface area contributed by atoms with Crippen LogP contribution in [0.4, 0.5) is 13.2 Å². The molecule has 0 aliphatic heterocycles. The van der Waals surface area contributed by atoms with E-state index in [9.17, 15) is 13.2 Å². The smallest absolute Gasteiger partial charge is 0.406 e. The normalized spacial score (nSPS) is 11.5. The molecular formula is C7H4F3IOS. The molecule has 1 aromatic rings. The van der Waals surface area contributed by atoms with Crippen molar-refractivity contribution in [1.29, 1.82) is 0 Å². The summed E-state index contributed by atoms with van der Waals surface area (Å²) in [4.78, 5) is 0.436. The Labute approximate surface area is 91.8 Å². The van der Waals surface area contributed by atoms with Gasteiger partial charge in [0.1, 0.15) is 5.75 Å². The fraction of sp³-hybridized carbons (Fsp3) is 0.143. The number of hydrogen-bond donors (Lipinski definition) is 1. The molecule has 0 aliphatic rings. The van der Waals surface area contributed by atoms with Crippen LogP contribution in [0.25, 0.3) is 0 Å². The Kier molecular flexibility index (Phi) is 3.33. The van der Waals surface area contributed by atoms with E-state index in [0.717, 1.165) is 0 Å². The predicted molar refractivity (Wildman–Crippen MR) is 53.1 cm³/mol. The number of rotatable bonds is 1. The Hall–Kier alpha value is -0.110. The lowest BCUT2D eigenvalue weighted by Gasteiger charge is -2.09. The third-order valence-electron chi connectivity index (χ3n) is 1.09. The number of thiol groups is 1. The molecule has 13 heavy (non-hydrogen) atoms. The van der Waals surface area contributed by atoms with Crippen molar-refractivity contribution in [2.45, 2.75) is 11.3 Å². The van der Waals surface area contributed by atoms with Crippen molar-refractivity contribution in [1.82, 2.24) is 0 Å². The average molecular weight is 320 g/mol. The number of halogens is 4. The highest BCUT2D eigenvalue weighted by molar-refractivity contribution is 14.1. The van der Waals surface area contributed by atoms with Crippen molar-refractivity contribution < 1.29 is 17.9 Å². The van der Waals surface area contributed by atoms with Crippen LogP contribution in [-0.4, -0.2) is 6.36 Å². The SMILES string of the molecule is FC(F)(F)Oc1cc(S)cc(I)c1. The van der Waals surface area contributed by atoms with E-state index >= 15 is 0 Å². The summed E-state index contributed by atoms with van der Waals surface area (Å²) >= 11 is 5.81. The molecule has 0 unspecified atom stereocenters. The summed E-state index contributed by atoms with van der Waals surface area (Å²) in [5, 5.41) is 0. The highest BCUT2D eigenvalue weighted by atomic mass is 127. The van der Waals surface area contributed by atoms with Gasteiger partial charge in [-0.05, 0) is 40.8 Å². The van der Waals surface area contributed by atoms with Crippen LogP contribution in [0.15, 0.2) is 23.1 Å². The van der Waals surface area contributed by atoms with Gasteiger partial charge in [0.05, 0.1) is 0 Å². The number of benzene rings is 1. The van der Waals surface area contributed by atoms with E-state index in [1.165, 1.54) is 12.1 Å². The van der Waals surface area contributed by atoms with Gasteiger partial charge in [0.2, 0.25) is 0 Å². The average Bonchev–Trinajstić information content (AvgIpc) is 1.78. The first-order valence-corrected chi connectivity index (χ1v) is 4.65. The molecule has 72 valence electrons. The number of hydrogen-bond acceptors (Lipinski definition) is 2. The molecule has 0 fully saturated rings. The lowest BCUT2D eigenvalue weighted by molar-refractivity contribution is -0.274. The minimum absolute atomic E-state index is 0.246. The molecule has 0 N–H and O–H groups in total. The molecule has 1 aromatic carbocycles. The zero-order valence-electron chi connectivity index (χ0n) is 6.10.